The molecule has 126 valence electrons. The van der Waals surface area contributed by atoms with Gasteiger partial charge >= 0.3 is 5.97 Å². The standard InChI is InChI=1S/C19H21NO4/c1-24-17(22)12-14-9-11-20(15-6-3-2-4-7-15)18(23)19(14)10-5-8-16(21)13-19/h2-8,14H,9-13H2,1H3/t14-,19+/m0/s1. The molecule has 1 aliphatic carbocycles. The van der Waals surface area contributed by atoms with Gasteiger partial charge in [-0.3, -0.25) is 14.4 Å². The number of rotatable bonds is 3. The normalized spacial score (nSPS) is 26.7. The highest BCUT2D eigenvalue weighted by molar-refractivity contribution is 6.04. The number of ketones is 1. The number of carbonyl (C=O) groups excluding carboxylic acids is 3. The number of hydrogen-bond donors (Lipinski definition) is 0. The van der Waals surface area contributed by atoms with Gasteiger partial charge in [-0.1, -0.05) is 24.3 Å². The average molecular weight is 327 g/mol. The third-order valence-corrected chi connectivity index (χ3v) is 5.14. The van der Waals surface area contributed by atoms with E-state index in [-0.39, 0.29) is 36.4 Å². The third kappa shape index (κ3) is 2.86. The Labute approximate surface area is 141 Å². The lowest BCUT2D eigenvalue weighted by Crippen LogP contribution is -2.55. The Kier molecular flexibility index (Phi) is 4.51. The van der Waals surface area contributed by atoms with Gasteiger partial charge in [0, 0.05) is 25.1 Å². The number of benzene rings is 1. The van der Waals surface area contributed by atoms with Crippen LogP contribution in [0.15, 0.2) is 42.5 Å². The summed E-state index contributed by atoms with van der Waals surface area (Å²) in [6.07, 6.45) is 4.80. The minimum Gasteiger partial charge on any atom is -0.469 e. The number of para-hydroxylation sites is 1. The van der Waals surface area contributed by atoms with Crippen molar-refractivity contribution in [2.24, 2.45) is 11.3 Å². The summed E-state index contributed by atoms with van der Waals surface area (Å²) in [6.45, 7) is 0.546. The predicted molar refractivity (Wildman–Crippen MR) is 89.3 cm³/mol. The van der Waals surface area contributed by atoms with Crippen LogP contribution in [0, 0.1) is 11.3 Å². The molecule has 1 aliphatic heterocycles. The molecule has 1 spiro atoms. The molecule has 0 saturated carbocycles. The van der Waals surface area contributed by atoms with Gasteiger partial charge in [-0.25, -0.2) is 0 Å². The highest BCUT2D eigenvalue weighted by Gasteiger charge is 2.52. The monoisotopic (exact) mass is 327 g/mol. The van der Waals surface area contributed by atoms with Crippen LogP contribution < -0.4 is 4.90 Å². The van der Waals surface area contributed by atoms with Crippen LogP contribution in [-0.4, -0.2) is 31.3 Å². The van der Waals surface area contributed by atoms with E-state index in [1.165, 1.54) is 13.2 Å². The fraction of sp³-hybridized carbons (Fsp3) is 0.421. The van der Waals surface area contributed by atoms with Crippen LogP contribution in [0.5, 0.6) is 0 Å². The molecule has 3 rings (SSSR count). The van der Waals surface area contributed by atoms with Crippen LogP contribution in [0.25, 0.3) is 0 Å². The first-order valence-electron chi connectivity index (χ1n) is 8.20. The molecule has 1 aromatic rings. The summed E-state index contributed by atoms with van der Waals surface area (Å²) in [5, 5.41) is 0. The van der Waals surface area contributed by atoms with Gasteiger partial charge in [0.1, 0.15) is 0 Å². The van der Waals surface area contributed by atoms with Crippen molar-refractivity contribution in [3.63, 3.8) is 0 Å². The summed E-state index contributed by atoms with van der Waals surface area (Å²) < 4.78 is 4.79. The van der Waals surface area contributed by atoms with E-state index in [0.29, 0.717) is 19.4 Å². The van der Waals surface area contributed by atoms with E-state index in [1.54, 1.807) is 11.0 Å². The third-order valence-electron chi connectivity index (χ3n) is 5.14. The van der Waals surface area contributed by atoms with Gasteiger partial charge in [-0.15, -0.1) is 0 Å². The Morgan fingerprint density at radius 1 is 1.29 bits per heavy atom. The number of anilines is 1. The van der Waals surface area contributed by atoms with Crippen molar-refractivity contribution in [3.8, 4) is 0 Å². The molecular weight excluding hydrogens is 306 g/mol. The van der Waals surface area contributed by atoms with Crippen molar-refractivity contribution in [3.05, 3.63) is 42.5 Å². The van der Waals surface area contributed by atoms with Gasteiger partial charge in [-0.05, 0) is 37.0 Å². The molecule has 1 amide bonds. The predicted octanol–water partition coefficient (Wildman–Crippen LogP) is 2.51. The number of piperidine rings is 1. The molecule has 24 heavy (non-hydrogen) atoms. The van der Waals surface area contributed by atoms with E-state index in [0.717, 1.165) is 5.69 Å². The Morgan fingerprint density at radius 2 is 2.04 bits per heavy atom. The Hall–Kier alpha value is -2.43. The lowest BCUT2D eigenvalue weighted by molar-refractivity contribution is -0.147. The smallest absolute Gasteiger partial charge is 0.305 e. The Morgan fingerprint density at radius 3 is 2.71 bits per heavy atom. The SMILES string of the molecule is COC(=O)C[C@@H]1CCN(c2ccccc2)C(=O)[C@@]12CC=CC(=O)C2. The lowest BCUT2D eigenvalue weighted by Gasteiger charge is -2.47. The van der Waals surface area contributed by atoms with E-state index < -0.39 is 5.41 Å². The molecule has 1 heterocycles. The summed E-state index contributed by atoms with van der Waals surface area (Å²) in [5.41, 5.74) is -0.00547. The van der Waals surface area contributed by atoms with Gasteiger partial charge in [0.15, 0.2) is 5.78 Å². The largest absolute Gasteiger partial charge is 0.469 e. The van der Waals surface area contributed by atoms with E-state index in [4.69, 9.17) is 4.74 Å². The number of allylic oxidation sites excluding steroid dienone is 2. The first-order valence-corrected chi connectivity index (χ1v) is 8.20. The molecule has 1 aromatic carbocycles. The summed E-state index contributed by atoms with van der Waals surface area (Å²) in [4.78, 5) is 38.9. The molecule has 0 unspecified atom stereocenters. The zero-order valence-corrected chi connectivity index (χ0v) is 13.7. The minimum atomic E-state index is -0.839. The average Bonchev–Trinajstić information content (AvgIpc) is 2.60. The molecule has 2 atom stereocenters. The van der Waals surface area contributed by atoms with E-state index in [1.807, 2.05) is 30.3 Å². The van der Waals surface area contributed by atoms with Crippen molar-refractivity contribution < 1.29 is 19.1 Å². The molecule has 5 nitrogen and oxygen atoms in total. The maximum Gasteiger partial charge on any atom is 0.305 e. The van der Waals surface area contributed by atoms with Crippen LogP contribution in [0.4, 0.5) is 5.69 Å². The highest BCUT2D eigenvalue weighted by atomic mass is 16.5. The molecule has 0 aromatic heterocycles. The second-order valence-electron chi connectivity index (χ2n) is 6.46. The second kappa shape index (κ2) is 6.59. The van der Waals surface area contributed by atoms with Gasteiger partial charge in [0.05, 0.1) is 12.5 Å². The van der Waals surface area contributed by atoms with E-state index in [9.17, 15) is 14.4 Å². The molecule has 2 aliphatic rings. The quantitative estimate of drug-likeness (QED) is 0.800. The molecule has 5 heteroatoms. The van der Waals surface area contributed by atoms with Gasteiger partial charge < -0.3 is 9.64 Å². The molecule has 1 fully saturated rings. The lowest BCUT2D eigenvalue weighted by atomic mass is 9.62. The molecule has 0 bridgehead atoms. The number of esters is 1. The summed E-state index contributed by atoms with van der Waals surface area (Å²) >= 11 is 0. The summed E-state index contributed by atoms with van der Waals surface area (Å²) in [6, 6.07) is 9.48. The Balaban J connectivity index is 1.95. The molecule has 0 N–H and O–H groups in total. The first-order chi connectivity index (χ1) is 11.6. The van der Waals surface area contributed by atoms with Crippen molar-refractivity contribution >= 4 is 23.3 Å². The van der Waals surface area contributed by atoms with Crippen molar-refractivity contribution in [2.45, 2.75) is 25.7 Å². The summed E-state index contributed by atoms with van der Waals surface area (Å²) in [7, 11) is 1.35. The van der Waals surface area contributed by atoms with E-state index >= 15 is 0 Å². The number of carbonyl (C=O) groups is 3. The number of ether oxygens (including phenoxy) is 1. The maximum atomic E-state index is 13.3. The van der Waals surface area contributed by atoms with Crippen molar-refractivity contribution in [1.82, 2.24) is 0 Å². The van der Waals surface area contributed by atoms with Crippen molar-refractivity contribution in [1.29, 1.82) is 0 Å². The van der Waals surface area contributed by atoms with E-state index in [2.05, 4.69) is 0 Å². The number of nitrogens with zero attached hydrogens (tertiary/aromatic N) is 1. The highest BCUT2D eigenvalue weighted by Crippen LogP contribution is 2.47. The maximum absolute atomic E-state index is 13.3. The fourth-order valence-corrected chi connectivity index (χ4v) is 3.86. The molecular formula is C19H21NO4. The zero-order chi connectivity index (χ0) is 17.2. The van der Waals surface area contributed by atoms with Crippen LogP contribution in [0.3, 0.4) is 0 Å². The molecule has 1 saturated heterocycles. The van der Waals surface area contributed by atoms with Crippen LogP contribution in [-0.2, 0) is 19.1 Å². The number of methoxy groups -OCH3 is 1. The summed E-state index contributed by atoms with van der Waals surface area (Å²) in [5.74, 6) is -0.625. The Bertz CT molecular complexity index is 682. The van der Waals surface area contributed by atoms with Crippen LogP contribution in [0.1, 0.15) is 25.7 Å². The topological polar surface area (TPSA) is 63.7 Å². The first kappa shape index (κ1) is 16.4. The minimum absolute atomic E-state index is 0.0561. The van der Waals surface area contributed by atoms with Gasteiger partial charge in [-0.2, -0.15) is 0 Å². The van der Waals surface area contributed by atoms with Crippen LogP contribution >= 0.6 is 0 Å². The van der Waals surface area contributed by atoms with Gasteiger partial charge in [0.2, 0.25) is 5.91 Å². The number of amides is 1. The fourth-order valence-electron chi connectivity index (χ4n) is 3.86. The van der Waals surface area contributed by atoms with Crippen molar-refractivity contribution in [2.75, 3.05) is 18.6 Å². The van der Waals surface area contributed by atoms with Gasteiger partial charge in [0.25, 0.3) is 0 Å². The number of hydrogen-bond acceptors (Lipinski definition) is 4. The second-order valence-corrected chi connectivity index (χ2v) is 6.46. The van der Waals surface area contributed by atoms with Crippen LogP contribution in [0.2, 0.25) is 0 Å². The molecule has 0 radical (unpaired) electrons. The zero-order valence-electron chi connectivity index (χ0n) is 13.7.